The van der Waals surface area contributed by atoms with Gasteiger partial charge in [-0.3, -0.25) is 0 Å². The summed E-state index contributed by atoms with van der Waals surface area (Å²) in [6.07, 6.45) is 3.68. The van der Waals surface area contributed by atoms with Crippen LogP contribution in [0.15, 0.2) is 42.5 Å². The molecule has 0 radical (unpaired) electrons. The largest absolute Gasteiger partial charge is 0.388 e. The zero-order valence-corrected chi connectivity index (χ0v) is 13.5. The third-order valence-corrected chi connectivity index (χ3v) is 4.68. The van der Waals surface area contributed by atoms with Gasteiger partial charge in [0, 0.05) is 11.9 Å². The minimum absolute atomic E-state index is 0.270. The Kier molecular flexibility index (Phi) is 4.53. The number of carbonyl (C=O) groups excluding carboxylic acids is 1. The third-order valence-electron chi connectivity index (χ3n) is 4.68. The minimum atomic E-state index is -0.770. The van der Waals surface area contributed by atoms with Crippen molar-refractivity contribution in [2.24, 2.45) is 5.92 Å². The van der Waals surface area contributed by atoms with Gasteiger partial charge in [0.05, 0.1) is 11.3 Å². The van der Waals surface area contributed by atoms with E-state index in [9.17, 15) is 9.90 Å². The summed E-state index contributed by atoms with van der Waals surface area (Å²) in [6, 6.07) is 13.5. The van der Waals surface area contributed by atoms with Crippen molar-refractivity contribution in [2.75, 3.05) is 11.9 Å². The van der Waals surface area contributed by atoms with E-state index in [4.69, 9.17) is 0 Å². The molecule has 2 aromatic carbocycles. The molecular weight excluding hydrogens is 288 g/mol. The Bertz CT molecular complexity index is 695. The van der Waals surface area contributed by atoms with Crippen molar-refractivity contribution >= 4 is 22.5 Å². The molecule has 1 aliphatic rings. The standard InChI is InChI=1S/C19H24N2O2/c1-14-6-5-11-19(23,12-14)13-20-18(22)21-17-10-4-8-15-7-2-3-9-16(15)17/h2-4,7-10,14,23H,5-6,11-13H2,1H3,(H2,20,21,22)/t14-,19-/m1/s1. The van der Waals surface area contributed by atoms with E-state index < -0.39 is 5.60 Å². The highest BCUT2D eigenvalue weighted by atomic mass is 16.3. The van der Waals surface area contributed by atoms with Gasteiger partial charge in [-0.05, 0) is 30.2 Å². The quantitative estimate of drug-likeness (QED) is 0.805. The van der Waals surface area contributed by atoms with E-state index in [-0.39, 0.29) is 6.03 Å². The number of nitrogens with one attached hydrogen (secondary N) is 2. The van der Waals surface area contributed by atoms with Crippen LogP contribution in [0.1, 0.15) is 32.6 Å². The summed E-state index contributed by atoms with van der Waals surface area (Å²) in [5.41, 5.74) is 0.0120. The van der Waals surface area contributed by atoms with Gasteiger partial charge in [-0.2, -0.15) is 0 Å². The van der Waals surface area contributed by atoms with Crippen molar-refractivity contribution < 1.29 is 9.90 Å². The van der Waals surface area contributed by atoms with E-state index in [1.165, 1.54) is 0 Å². The second-order valence-electron chi connectivity index (χ2n) is 6.76. The topological polar surface area (TPSA) is 61.4 Å². The van der Waals surface area contributed by atoms with Crippen LogP contribution in [0.4, 0.5) is 10.5 Å². The van der Waals surface area contributed by atoms with Crippen molar-refractivity contribution in [3.63, 3.8) is 0 Å². The predicted octanol–water partition coefficient (Wildman–Crippen LogP) is 3.90. The van der Waals surface area contributed by atoms with E-state index in [1.807, 2.05) is 42.5 Å². The van der Waals surface area contributed by atoms with Crippen molar-refractivity contribution in [1.82, 2.24) is 5.32 Å². The fraction of sp³-hybridized carbons (Fsp3) is 0.421. The van der Waals surface area contributed by atoms with Gasteiger partial charge in [0.2, 0.25) is 0 Å². The maximum atomic E-state index is 12.2. The molecule has 1 fully saturated rings. The number of benzene rings is 2. The number of amides is 2. The molecule has 2 amide bonds. The molecule has 2 aromatic rings. The fourth-order valence-corrected chi connectivity index (χ4v) is 3.54. The van der Waals surface area contributed by atoms with Gasteiger partial charge < -0.3 is 15.7 Å². The molecule has 0 heterocycles. The highest BCUT2D eigenvalue weighted by Crippen LogP contribution is 2.31. The summed E-state index contributed by atoms with van der Waals surface area (Å²) in [6.45, 7) is 2.45. The first-order valence-electron chi connectivity index (χ1n) is 8.31. The Hall–Kier alpha value is -2.07. The van der Waals surface area contributed by atoms with Crippen molar-refractivity contribution in [3.05, 3.63) is 42.5 Å². The van der Waals surface area contributed by atoms with Crippen LogP contribution in [0.2, 0.25) is 0 Å². The lowest BCUT2D eigenvalue weighted by Gasteiger charge is -2.35. The van der Waals surface area contributed by atoms with E-state index in [1.54, 1.807) is 0 Å². The van der Waals surface area contributed by atoms with Gasteiger partial charge in [-0.1, -0.05) is 56.2 Å². The summed E-state index contributed by atoms with van der Waals surface area (Å²) < 4.78 is 0. The number of carbonyl (C=O) groups is 1. The lowest BCUT2D eigenvalue weighted by Crippen LogP contribution is -2.46. The minimum Gasteiger partial charge on any atom is -0.388 e. The van der Waals surface area contributed by atoms with E-state index in [2.05, 4.69) is 17.6 Å². The van der Waals surface area contributed by atoms with Crippen LogP contribution < -0.4 is 10.6 Å². The number of urea groups is 1. The Labute approximate surface area is 136 Å². The van der Waals surface area contributed by atoms with Crippen molar-refractivity contribution in [1.29, 1.82) is 0 Å². The van der Waals surface area contributed by atoms with Crippen LogP contribution in [0.5, 0.6) is 0 Å². The molecule has 0 saturated heterocycles. The summed E-state index contributed by atoms with van der Waals surface area (Å²) in [5, 5.41) is 18.4. The maximum absolute atomic E-state index is 12.2. The Morgan fingerprint density at radius 3 is 2.87 bits per heavy atom. The summed E-state index contributed by atoms with van der Waals surface area (Å²) in [5.74, 6) is 0.511. The molecule has 23 heavy (non-hydrogen) atoms. The van der Waals surface area contributed by atoms with Gasteiger partial charge in [-0.25, -0.2) is 4.79 Å². The zero-order chi connectivity index (χ0) is 16.3. The molecule has 0 aliphatic heterocycles. The van der Waals surface area contributed by atoms with Crippen LogP contribution in [-0.2, 0) is 0 Å². The van der Waals surface area contributed by atoms with Crippen molar-refractivity contribution in [3.8, 4) is 0 Å². The van der Waals surface area contributed by atoms with Crippen LogP contribution in [0.3, 0.4) is 0 Å². The second-order valence-corrected chi connectivity index (χ2v) is 6.76. The Morgan fingerprint density at radius 1 is 1.26 bits per heavy atom. The summed E-state index contributed by atoms with van der Waals surface area (Å²) in [4.78, 5) is 12.2. The Balaban J connectivity index is 1.63. The van der Waals surface area contributed by atoms with E-state index in [0.717, 1.165) is 42.1 Å². The second kappa shape index (κ2) is 6.59. The molecule has 0 unspecified atom stereocenters. The van der Waals surface area contributed by atoms with Gasteiger partial charge in [0.1, 0.15) is 0 Å². The molecule has 3 N–H and O–H groups in total. The van der Waals surface area contributed by atoms with Crippen molar-refractivity contribution in [2.45, 2.75) is 38.2 Å². The first-order chi connectivity index (χ1) is 11.1. The summed E-state index contributed by atoms with van der Waals surface area (Å²) in [7, 11) is 0. The van der Waals surface area contributed by atoms with Crippen LogP contribution in [0, 0.1) is 5.92 Å². The van der Waals surface area contributed by atoms with Gasteiger partial charge in [0.15, 0.2) is 0 Å². The molecule has 0 aromatic heterocycles. The highest BCUT2D eigenvalue weighted by molar-refractivity contribution is 6.01. The molecule has 0 bridgehead atoms. The highest BCUT2D eigenvalue weighted by Gasteiger charge is 2.32. The predicted molar refractivity (Wildman–Crippen MR) is 93.6 cm³/mol. The number of hydrogen-bond acceptors (Lipinski definition) is 2. The average Bonchev–Trinajstić information content (AvgIpc) is 2.53. The number of fused-ring (bicyclic) bond motifs is 1. The van der Waals surface area contributed by atoms with Crippen LogP contribution in [0.25, 0.3) is 10.8 Å². The molecular formula is C19H24N2O2. The molecule has 122 valence electrons. The number of hydrogen-bond donors (Lipinski definition) is 3. The van der Waals surface area contributed by atoms with Gasteiger partial charge in [0.25, 0.3) is 0 Å². The molecule has 4 heteroatoms. The molecule has 3 rings (SSSR count). The number of anilines is 1. The molecule has 4 nitrogen and oxygen atoms in total. The van der Waals surface area contributed by atoms with Gasteiger partial charge >= 0.3 is 6.03 Å². The molecule has 1 aliphatic carbocycles. The third kappa shape index (κ3) is 3.82. The smallest absolute Gasteiger partial charge is 0.319 e. The lowest BCUT2D eigenvalue weighted by atomic mass is 9.79. The number of rotatable bonds is 3. The normalized spacial score (nSPS) is 24.3. The lowest BCUT2D eigenvalue weighted by molar-refractivity contribution is -0.00920. The Morgan fingerprint density at radius 2 is 2.04 bits per heavy atom. The summed E-state index contributed by atoms with van der Waals surface area (Å²) >= 11 is 0. The van der Waals surface area contributed by atoms with E-state index in [0.29, 0.717) is 12.5 Å². The first kappa shape index (κ1) is 15.8. The molecule has 1 saturated carbocycles. The van der Waals surface area contributed by atoms with Crippen LogP contribution >= 0.6 is 0 Å². The first-order valence-corrected chi connectivity index (χ1v) is 8.31. The molecule has 2 atom stereocenters. The maximum Gasteiger partial charge on any atom is 0.319 e. The zero-order valence-electron chi connectivity index (χ0n) is 13.5. The monoisotopic (exact) mass is 312 g/mol. The molecule has 0 spiro atoms. The SMILES string of the molecule is C[C@@H]1CCC[C@](O)(CNC(=O)Nc2cccc3ccccc23)C1. The van der Waals surface area contributed by atoms with Crippen LogP contribution in [-0.4, -0.2) is 23.3 Å². The van der Waals surface area contributed by atoms with E-state index >= 15 is 0 Å². The number of aliphatic hydroxyl groups is 1. The fourth-order valence-electron chi connectivity index (χ4n) is 3.54. The average molecular weight is 312 g/mol. The van der Waals surface area contributed by atoms with Gasteiger partial charge in [-0.15, -0.1) is 0 Å².